The second-order valence-electron chi connectivity index (χ2n) is 7.11. The van der Waals surface area contributed by atoms with Crippen molar-refractivity contribution in [1.82, 2.24) is 25.7 Å². The summed E-state index contributed by atoms with van der Waals surface area (Å²) in [5, 5.41) is 17.0. The molecule has 4 aromatic rings. The van der Waals surface area contributed by atoms with Gasteiger partial charge in [-0.3, -0.25) is 4.99 Å². The summed E-state index contributed by atoms with van der Waals surface area (Å²) in [4.78, 5) is 8.64. The zero-order chi connectivity index (χ0) is 22.8. The van der Waals surface area contributed by atoms with Gasteiger partial charge in [-0.15, -0.1) is 10.2 Å². The number of anilines is 1. The van der Waals surface area contributed by atoms with Crippen LogP contribution in [-0.2, 0) is 6.42 Å². The van der Waals surface area contributed by atoms with Crippen LogP contribution in [0, 0.1) is 5.82 Å². The molecule has 0 spiro atoms. The number of hydrogen-bond acceptors (Lipinski definition) is 9. The maximum atomic E-state index is 14.5. The zero-order valence-corrected chi connectivity index (χ0v) is 16.9. The smallest absolute Gasteiger partial charge is 0.314 e. The number of nitrogens with zero attached hydrogens (tertiary/aromatic N) is 5. The number of halogens is 3. The number of guanidine groups is 1. The van der Waals surface area contributed by atoms with Gasteiger partial charge < -0.3 is 19.6 Å². The van der Waals surface area contributed by atoms with Gasteiger partial charge in [0.15, 0.2) is 5.96 Å². The molecule has 5 rings (SSSR count). The van der Waals surface area contributed by atoms with E-state index < -0.39 is 18.1 Å². The molecule has 168 valence electrons. The number of aromatic nitrogens is 4. The Bertz CT molecular complexity index is 1300. The van der Waals surface area contributed by atoms with E-state index in [1.54, 1.807) is 6.07 Å². The van der Waals surface area contributed by atoms with E-state index >= 15 is 0 Å². The number of rotatable bonds is 6. The molecule has 2 aromatic heterocycles. The number of aliphatic imine (C=N–C) groups is 1. The first-order chi connectivity index (χ1) is 16.0. The van der Waals surface area contributed by atoms with Gasteiger partial charge in [0.1, 0.15) is 5.82 Å². The Morgan fingerprint density at radius 1 is 1.09 bits per heavy atom. The van der Waals surface area contributed by atoms with Gasteiger partial charge in [0.25, 0.3) is 11.8 Å². The van der Waals surface area contributed by atoms with E-state index in [0.717, 1.165) is 30.3 Å². The highest BCUT2D eigenvalue weighted by Gasteiger charge is 2.19. The molecular weight excluding hydrogens is 439 g/mol. The minimum absolute atomic E-state index is 0.0724. The second-order valence-corrected chi connectivity index (χ2v) is 7.11. The van der Waals surface area contributed by atoms with E-state index in [-0.39, 0.29) is 17.9 Å². The Morgan fingerprint density at radius 3 is 2.64 bits per heavy atom. The van der Waals surface area contributed by atoms with Crippen molar-refractivity contribution in [2.75, 3.05) is 18.4 Å². The summed E-state index contributed by atoms with van der Waals surface area (Å²) >= 11 is 0. The van der Waals surface area contributed by atoms with Gasteiger partial charge in [-0.05, 0) is 42.0 Å². The molecule has 0 aliphatic carbocycles. The van der Waals surface area contributed by atoms with Crippen LogP contribution in [0.1, 0.15) is 23.8 Å². The van der Waals surface area contributed by atoms with E-state index in [9.17, 15) is 13.2 Å². The molecule has 0 saturated heterocycles. The van der Waals surface area contributed by atoms with Gasteiger partial charge in [0, 0.05) is 17.8 Å². The topological polar surface area (TPSA) is 114 Å². The molecule has 0 fully saturated rings. The minimum atomic E-state index is -2.92. The Morgan fingerprint density at radius 2 is 1.94 bits per heavy atom. The van der Waals surface area contributed by atoms with Crippen molar-refractivity contribution in [1.29, 1.82) is 0 Å². The van der Waals surface area contributed by atoms with Crippen LogP contribution >= 0.6 is 0 Å². The Hall–Kier alpha value is -4.22. The first kappa shape index (κ1) is 20.7. The van der Waals surface area contributed by atoms with Crippen molar-refractivity contribution in [3.8, 4) is 22.8 Å². The van der Waals surface area contributed by atoms with Crippen molar-refractivity contribution in [3.05, 3.63) is 65.6 Å². The average Bonchev–Trinajstić information content (AvgIpc) is 3.57. The van der Waals surface area contributed by atoms with Gasteiger partial charge in [0.05, 0.1) is 18.5 Å². The predicted molar refractivity (Wildman–Crippen MR) is 111 cm³/mol. The Kier molecular flexibility index (Phi) is 5.47. The largest absolute Gasteiger partial charge is 0.415 e. The molecule has 0 unspecified atom stereocenters. The molecule has 9 nitrogen and oxygen atoms in total. The Balaban J connectivity index is 1.27. The third-order valence-electron chi connectivity index (χ3n) is 4.79. The molecule has 2 N–H and O–H groups in total. The van der Waals surface area contributed by atoms with Crippen LogP contribution in [0.4, 0.5) is 18.9 Å². The van der Waals surface area contributed by atoms with E-state index in [0.29, 0.717) is 17.3 Å². The molecule has 0 atom stereocenters. The summed E-state index contributed by atoms with van der Waals surface area (Å²) in [5.74, 6) is -0.447. The van der Waals surface area contributed by atoms with Crippen LogP contribution in [-0.4, -0.2) is 39.4 Å². The molecular formula is C21H16F3N7O2. The minimum Gasteiger partial charge on any atom is -0.415 e. The first-order valence-electron chi connectivity index (χ1n) is 9.94. The van der Waals surface area contributed by atoms with Crippen LogP contribution in [0.15, 0.2) is 56.4 Å². The number of hydrogen-bond donors (Lipinski definition) is 2. The van der Waals surface area contributed by atoms with Gasteiger partial charge in [0.2, 0.25) is 11.7 Å². The fourth-order valence-corrected chi connectivity index (χ4v) is 3.21. The SMILES string of the molecule is Fc1cc(Cc2nc(-c3ccc(NC4=NCCN4)cc3)no2)ccc1-c1nnc(C(F)F)o1. The molecule has 1 aliphatic heterocycles. The molecule has 0 radical (unpaired) electrons. The lowest BCUT2D eigenvalue weighted by molar-refractivity contribution is 0.116. The van der Waals surface area contributed by atoms with Crippen molar-refractivity contribution in [3.63, 3.8) is 0 Å². The van der Waals surface area contributed by atoms with Gasteiger partial charge in [-0.2, -0.15) is 13.8 Å². The predicted octanol–water partition coefficient (Wildman–Crippen LogP) is 3.83. The highest BCUT2D eigenvalue weighted by atomic mass is 19.3. The monoisotopic (exact) mass is 455 g/mol. The average molecular weight is 455 g/mol. The van der Waals surface area contributed by atoms with E-state index in [1.807, 2.05) is 24.3 Å². The summed E-state index contributed by atoms with van der Waals surface area (Å²) in [6.07, 6.45) is -2.74. The van der Waals surface area contributed by atoms with Gasteiger partial charge in [-0.1, -0.05) is 11.2 Å². The van der Waals surface area contributed by atoms with Crippen molar-refractivity contribution in [2.24, 2.45) is 4.99 Å². The lowest BCUT2D eigenvalue weighted by Gasteiger charge is -2.06. The summed E-state index contributed by atoms with van der Waals surface area (Å²) < 4.78 is 49.8. The molecule has 0 amide bonds. The first-order valence-corrected chi connectivity index (χ1v) is 9.94. The van der Waals surface area contributed by atoms with Crippen LogP contribution in [0.25, 0.3) is 22.8 Å². The maximum Gasteiger partial charge on any atom is 0.314 e. The lowest BCUT2D eigenvalue weighted by atomic mass is 10.1. The van der Waals surface area contributed by atoms with Gasteiger partial charge >= 0.3 is 6.43 Å². The van der Waals surface area contributed by atoms with Crippen LogP contribution in [0.3, 0.4) is 0 Å². The highest BCUT2D eigenvalue weighted by Crippen LogP contribution is 2.27. The van der Waals surface area contributed by atoms with Crippen molar-refractivity contribution >= 4 is 11.6 Å². The fourth-order valence-electron chi connectivity index (χ4n) is 3.21. The second kappa shape index (κ2) is 8.73. The maximum absolute atomic E-state index is 14.5. The summed E-state index contributed by atoms with van der Waals surface area (Å²) in [7, 11) is 0. The highest BCUT2D eigenvalue weighted by molar-refractivity contribution is 5.94. The summed E-state index contributed by atoms with van der Waals surface area (Å²) in [6, 6.07) is 11.6. The molecule has 0 saturated carbocycles. The van der Waals surface area contributed by atoms with Gasteiger partial charge in [-0.25, -0.2) is 4.39 Å². The van der Waals surface area contributed by atoms with Crippen LogP contribution in [0.2, 0.25) is 0 Å². The fraction of sp³-hybridized carbons (Fsp3) is 0.190. The molecule has 2 aromatic carbocycles. The third kappa shape index (κ3) is 4.54. The molecule has 0 bridgehead atoms. The van der Waals surface area contributed by atoms with Crippen LogP contribution in [0.5, 0.6) is 0 Å². The molecule has 33 heavy (non-hydrogen) atoms. The summed E-state index contributed by atoms with van der Waals surface area (Å²) in [5.41, 5.74) is 2.10. The third-order valence-corrected chi connectivity index (χ3v) is 4.79. The quantitative estimate of drug-likeness (QED) is 0.451. The zero-order valence-electron chi connectivity index (χ0n) is 16.9. The van der Waals surface area contributed by atoms with E-state index in [4.69, 9.17) is 8.94 Å². The van der Waals surface area contributed by atoms with E-state index in [1.165, 1.54) is 12.1 Å². The number of nitrogens with one attached hydrogen (secondary N) is 2. The normalized spacial score (nSPS) is 13.3. The number of benzene rings is 2. The number of alkyl halides is 2. The van der Waals surface area contributed by atoms with Crippen LogP contribution < -0.4 is 10.6 Å². The Labute approximate surface area is 184 Å². The lowest BCUT2D eigenvalue weighted by Crippen LogP contribution is -2.26. The summed E-state index contributed by atoms with van der Waals surface area (Å²) in [6.45, 7) is 1.56. The standard InChI is InChI=1S/C21H16F3N7O2/c22-15-9-11(1-6-14(15)19-29-30-20(32-19)17(23)24)10-16-28-18(31-33-16)12-2-4-13(5-3-12)27-21-25-7-8-26-21/h1-6,9,17H,7-8,10H2,(H2,25,26,27). The molecule has 1 aliphatic rings. The molecule has 12 heteroatoms. The van der Waals surface area contributed by atoms with E-state index in [2.05, 4.69) is 36.0 Å². The van der Waals surface area contributed by atoms with Crippen molar-refractivity contribution in [2.45, 2.75) is 12.8 Å². The van der Waals surface area contributed by atoms with Crippen molar-refractivity contribution < 1.29 is 22.1 Å². The molecule has 3 heterocycles.